The van der Waals surface area contributed by atoms with E-state index in [1.54, 1.807) is 19.1 Å². The van der Waals surface area contributed by atoms with Gasteiger partial charge in [-0.1, -0.05) is 5.16 Å². The van der Waals surface area contributed by atoms with Crippen LogP contribution in [0.1, 0.15) is 42.8 Å². The fraction of sp³-hybridized carbons (Fsp3) is 0.412. The van der Waals surface area contributed by atoms with Gasteiger partial charge < -0.3 is 9.84 Å². The summed E-state index contributed by atoms with van der Waals surface area (Å²) in [6.45, 7) is 5.51. The van der Waals surface area contributed by atoms with E-state index in [9.17, 15) is 13.2 Å². The Bertz CT molecular complexity index is 868. The van der Waals surface area contributed by atoms with Crippen LogP contribution in [-0.2, 0) is 14.8 Å². The lowest BCUT2D eigenvalue weighted by Gasteiger charge is -2.24. The van der Waals surface area contributed by atoms with Gasteiger partial charge in [0.15, 0.2) is 0 Å². The molecule has 1 aromatic heterocycles. The van der Waals surface area contributed by atoms with E-state index in [1.807, 2.05) is 6.92 Å². The summed E-state index contributed by atoms with van der Waals surface area (Å²) in [5.74, 6) is 0.458. The average Bonchev–Trinajstić information content (AvgIpc) is 3.14. The molecule has 1 saturated heterocycles. The van der Waals surface area contributed by atoms with Gasteiger partial charge in [-0.3, -0.25) is 4.79 Å². The number of nitrogens with zero attached hydrogens (tertiary/aromatic N) is 2. The average molecular weight is 363 g/mol. The van der Waals surface area contributed by atoms with Gasteiger partial charge in [-0.05, 0) is 51.0 Å². The Morgan fingerprint density at radius 3 is 2.52 bits per heavy atom. The van der Waals surface area contributed by atoms with Crippen molar-refractivity contribution in [2.75, 3.05) is 11.9 Å². The van der Waals surface area contributed by atoms with Gasteiger partial charge >= 0.3 is 0 Å². The van der Waals surface area contributed by atoms with Crippen molar-refractivity contribution in [3.8, 4) is 0 Å². The lowest BCUT2D eigenvalue weighted by molar-refractivity contribution is -0.114. The molecule has 2 aromatic rings. The minimum Gasteiger partial charge on any atom is -0.361 e. The molecule has 0 radical (unpaired) electrons. The van der Waals surface area contributed by atoms with Crippen LogP contribution in [0.2, 0.25) is 0 Å². The van der Waals surface area contributed by atoms with Crippen molar-refractivity contribution in [2.24, 2.45) is 0 Å². The van der Waals surface area contributed by atoms with Crippen LogP contribution in [0.5, 0.6) is 0 Å². The standard InChI is InChI=1S/C17H21N3O4S/c1-11-17(12(2)24-19-11)16-5-4-10-20(16)25(22,23)15-8-6-14(7-9-15)18-13(3)21/h6-9,16H,4-5,10H2,1-3H3,(H,18,21). The molecule has 8 heteroatoms. The van der Waals surface area contributed by atoms with Crippen molar-refractivity contribution < 1.29 is 17.7 Å². The summed E-state index contributed by atoms with van der Waals surface area (Å²) in [5, 5.41) is 6.58. The van der Waals surface area contributed by atoms with E-state index < -0.39 is 10.0 Å². The molecule has 134 valence electrons. The first kappa shape index (κ1) is 17.6. The predicted octanol–water partition coefficient (Wildman–Crippen LogP) is 2.78. The van der Waals surface area contributed by atoms with Crippen LogP contribution in [-0.4, -0.2) is 30.3 Å². The Morgan fingerprint density at radius 1 is 1.28 bits per heavy atom. The van der Waals surface area contributed by atoms with Crippen LogP contribution in [0, 0.1) is 13.8 Å². The van der Waals surface area contributed by atoms with Gasteiger partial charge in [0.2, 0.25) is 15.9 Å². The highest BCUT2D eigenvalue weighted by atomic mass is 32.2. The molecule has 1 aliphatic rings. The molecular weight excluding hydrogens is 342 g/mol. The van der Waals surface area contributed by atoms with E-state index >= 15 is 0 Å². The van der Waals surface area contributed by atoms with Gasteiger partial charge in [0.1, 0.15) is 5.76 Å². The van der Waals surface area contributed by atoms with Crippen LogP contribution >= 0.6 is 0 Å². The van der Waals surface area contributed by atoms with E-state index in [2.05, 4.69) is 10.5 Å². The molecule has 3 rings (SSSR count). The van der Waals surface area contributed by atoms with Gasteiger partial charge in [0.05, 0.1) is 16.6 Å². The van der Waals surface area contributed by atoms with E-state index in [1.165, 1.54) is 23.4 Å². The molecule has 1 fully saturated rings. The molecule has 0 saturated carbocycles. The fourth-order valence-corrected chi connectivity index (χ4v) is 5.00. The summed E-state index contributed by atoms with van der Waals surface area (Å²) in [7, 11) is -3.64. The van der Waals surface area contributed by atoms with E-state index in [0.717, 1.165) is 24.1 Å². The molecule has 0 bridgehead atoms. The minimum absolute atomic E-state index is 0.200. The topological polar surface area (TPSA) is 92.5 Å². The third-order valence-corrected chi connectivity index (χ3v) is 6.33. The Morgan fingerprint density at radius 2 is 1.96 bits per heavy atom. The summed E-state index contributed by atoms with van der Waals surface area (Å²) in [6.07, 6.45) is 1.53. The maximum Gasteiger partial charge on any atom is 0.243 e. The Hall–Kier alpha value is -2.19. The lowest BCUT2D eigenvalue weighted by atomic mass is 10.0. The number of nitrogens with one attached hydrogen (secondary N) is 1. The number of hydrogen-bond donors (Lipinski definition) is 1. The van der Waals surface area contributed by atoms with E-state index in [-0.39, 0.29) is 16.8 Å². The molecule has 1 amide bonds. The molecule has 2 heterocycles. The highest BCUT2D eigenvalue weighted by molar-refractivity contribution is 7.89. The first-order valence-corrected chi connectivity index (χ1v) is 9.57. The number of rotatable bonds is 4. The number of aryl methyl sites for hydroxylation is 2. The van der Waals surface area contributed by atoms with Crippen LogP contribution in [0.15, 0.2) is 33.7 Å². The monoisotopic (exact) mass is 363 g/mol. The summed E-state index contributed by atoms with van der Waals surface area (Å²) in [6, 6.07) is 5.96. The van der Waals surface area contributed by atoms with Crippen LogP contribution < -0.4 is 5.32 Å². The number of carbonyl (C=O) groups is 1. The molecule has 25 heavy (non-hydrogen) atoms. The van der Waals surface area contributed by atoms with Crippen molar-refractivity contribution >= 4 is 21.6 Å². The van der Waals surface area contributed by atoms with Crippen LogP contribution in [0.3, 0.4) is 0 Å². The number of anilines is 1. The fourth-order valence-electron chi connectivity index (χ4n) is 3.33. The van der Waals surface area contributed by atoms with Crippen molar-refractivity contribution in [1.82, 2.24) is 9.46 Å². The summed E-state index contributed by atoms with van der Waals surface area (Å²) in [4.78, 5) is 11.3. The largest absolute Gasteiger partial charge is 0.361 e. The van der Waals surface area contributed by atoms with E-state index in [4.69, 9.17) is 4.52 Å². The summed E-state index contributed by atoms with van der Waals surface area (Å²) < 4.78 is 32.9. The number of sulfonamides is 1. The Labute approximate surface area is 147 Å². The third kappa shape index (κ3) is 3.32. The number of aromatic nitrogens is 1. The summed E-state index contributed by atoms with van der Waals surface area (Å²) >= 11 is 0. The normalized spacial score (nSPS) is 18.4. The molecule has 1 aliphatic heterocycles. The SMILES string of the molecule is CC(=O)Nc1ccc(S(=O)(=O)N2CCCC2c2c(C)noc2C)cc1. The molecular formula is C17H21N3O4S. The Balaban J connectivity index is 1.92. The Kier molecular flexibility index (Phi) is 4.66. The maximum absolute atomic E-state index is 13.1. The molecule has 1 aromatic carbocycles. The predicted molar refractivity (Wildman–Crippen MR) is 92.6 cm³/mol. The van der Waals surface area contributed by atoms with Gasteiger partial charge in [0, 0.05) is 24.7 Å². The first-order chi connectivity index (χ1) is 11.8. The van der Waals surface area contributed by atoms with Gasteiger partial charge in [-0.2, -0.15) is 4.31 Å². The molecule has 1 N–H and O–H groups in total. The number of amides is 1. The zero-order valence-corrected chi connectivity index (χ0v) is 15.3. The number of benzene rings is 1. The van der Waals surface area contributed by atoms with Gasteiger partial charge in [-0.25, -0.2) is 8.42 Å². The maximum atomic E-state index is 13.1. The highest BCUT2D eigenvalue weighted by Crippen LogP contribution is 2.39. The second-order valence-electron chi connectivity index (χ2n) is 6.22. The highest BCUT2D eigenvalue weighted by Gasteiger charge is 2.38. The van der Waals surface area contributed by atoms with Crippen molar-refractivity contribution in [3.63, 3.8) is 0 Å². The molecule has 1 unspecified atom stereocenters. The van der Waals surface area contributed by atoms with Crippen molar-refractivity contribution in [3.05, 3.63) is 41.3 Å². The summed E-state index contributed by atoms with van der Waals surface area (Å²) in [5.41, 5.74) is 2.15. The van der Waals surface area contributed by atoms with Crippen LogP contribution in [0.4, 0.5) is 5.69 Å². The number of hydrogen-bond acceptors (Lipinski definition) is 5. The van der Waals surface area contributed by atoms with Crippen LogP contribution in [0.25, 0.3) is 0 Å². The van der Waals surface area contributed by atoms with E-state index in [0.29, 0.717) is 18.0 Å². The quantitative estimate of drug-likeness (QED) is 0.902. The zero-order valence-electron chi connectivity index (χ0n) is 14.4. The zero-order chi connectivity index (χ0) is 18.2. The molecule has 7 nitrogen and oxygen atoms in total. The van der Waals surface area contributed by atoms with Gasteiger partial charge in [-0.15, -0.1) is 0 Å². The minimum atomic E-state index is -3.64. The van der Waals surface area contributed by atoms with Crippen molar-refractivity contribution in [1.29, 1.82) is 0 Å². The van der Waals surface area contributed by atoms with Crippen molar-refractivity contribution in [2.45, 2.75) is 44.6 Å². The second kappa shape index (κ2) is 6.61. The first-order valence-electron chi connectivity index (χ1n) is 8.13. The molecule has 1 atom stereocenters. The number of carbonyl (C=O) groups excluding carboxylic acids is 1. The molecule has 0 aliphatic carbocycles. The lowest BCUT2D eigenvalue weighted by Crippen LogP contribution is -2.31. The smallest absolute Gasteiger partial charge is 0.243 e. The molecule has 0 spiro atoms. The third-order valence-electron chi connectivity index (χ3n) is 4.41. The second-order valence-corrected chi connectivity index (χ2v) is 8.11. The van der Waals surface area contributed by atoms with Gasteiger partial charge in [0.25, 0.3) is 0 Å².